The van der Waals surface area contributed by atoms with E-state index < -0.39 is 0 Å². The van der Waals surface area contributed by atoms with Crippen LogP contribution in [0.1, 0.15) is 27.4 Å². The molecule has 3 heterocycles. The smallest absolute Gasteiger partial charge is 0.270 e. The molecule has 1 aliphatic rings. The lowest BCUT2D eigenvalue weighted by Gasteiger charge is -2.27. The van der Waals surface area contributed by atoms with E-state index in [1.165, 1.54) is 5.69 Å². The number of aromatic nitrogens is 3. The highest BCUT2D eigenvalue weighted by molar-refractivity contribution is 5.92. The molecular weight excluding hydrogens is 256 g/mol. The number of aromatic amines is 1. The molecule has 0 fully saturated rings. The van der Waals surface area contributed by atoms with E-state index in [0.29, 0.717) is 18.8 Å². The molecule has 2 aromatic rings. The number of nitrogens with zero attached hydrogens (tertiary/aromatic N) is 3. The highest BCUT2D eigenvalue weighted by Gasteiger charge is 2.27. The van der Waals surface area contributed by atoms with Gasteiger partial charge in [0.1, 0.15) is 5.69 Å². The normalized spacial score (nSPS) is 14.4. The number of ether oxygens (including phenoxy) is 1. The summed E-state index contributed by atoms with van der Waals surface area (Å²) in [7, 11) is 3.60. The largest absolute Gasteiger partial charge is 0.378 e. The van der Waals surface area contributed by atoms with Crippen molar-refractivity contribution in [1.29, 1.82) is 0 Å². The number of carbonyl (C=O) groups is 1. The van der Waals surface area contributed by atoms with Crippen LogP contribution in [-0.4, -0.2) is 39.2 Å². The highest BCUT2D eigenvalue weighted by atomic mass is 16.5. The molecule has 1 amide bonds. The molecule has 6 heteroatoms. The van der Waals surface area contributed by atoms with Gasteiger partial charge in [-0.3, -0.25) is 9.48 Å². The van der Waals surface area contributed by atoms with E-state index in [9.17, 15) is 4.79 Å². The minimum atomic E-state index is 0.0351. The molecule has 0 bridgehead atoms. The maximum Gasteiger partial charge on any atom is 0.270 e. The van der Waals surface area contributed by atoms with Crippen LogP contribution in [0.2, 0.25) is 0 Å². The van der Waals surface area contributed by atoms with Crippen molar-refractivity contribution in [2.45, 2.75) is 19.6 Å². The summed E-state index contributed by atoms with van der Waals surface area (Å²) in [6, 6.07) is 3.64. The van der Waals surface area contributed by atoms with Gasteiger partial charge in [0, 0.05) is 51.1 Å². The molecular formula is C14H18N4O2. The van der Waals surface area contributed by atoms with E-state index in [2.05, 4.69) is 10.1 Å². The van der Waals surface area contributed by atoms with Crippen LogP contribution in [0.4, 0.5) is 0 Å². The Labute approximate surface area is 117 Å². The van der Waals surface area contributed by atoms with Crippen LogP contribution in [0.25, 0.3) is 0 Å². The Morgan fingerprint density at radius 3 is 3.10 bits per heavy atom. The number of hydrogen-bond donors (Lipinski definition) is 1. The number of hydrogen-bond acceptors (Lipinski definition) is 3. The Morgan fingerprint density at radius 2 is 2.40 bits per heavy atom. The van der Waals surface area contributed by atoms with Crippen LogP contribution in [-0.2, 0) is 31.4 Å². The van der Waals surface area contributed by atoms with Gasteiger partial charge in [-0.15, -0.1) is 0 Å². The van der Waals surface area contributed by atoms with Crippen LogP contribution < -0.4 is 0 Å². The number of amides is 1. The van der Waals surface area contributed by atoms with Gasteiger partial charge in [0.05, 0.1) is 12.3 Å². The van der Waals surface area contributed by atoms with E-state index in [1.54, 1.807) is 19.4 Å². The Hall–Kier alpha value is -2.08. The first-order valence-corrected chi connectivity index (χ1v) is 6.66. The minimum absolute atomic E-state index is 0.0351. The van der Waals surface area contributed by atoms with Crippen molar-refractivity contribution < 1.29 is 9.53 Å². The molecule has 1 N–H and O–H groups in total. The maximum atomic E-state index is 12.4. The molecule has 20 heavy (non-hydrogen) atoms. The fourth-order valence-electron chi connectivity index (χ4n) is 2.73. The topological polar surface area (TPSA) is 63.1 Å². The molecule has 3 rings (SSSR count). The molecule has 2 aromatic heterocycles. The van der Waals surface area contributed by atoms with Gasteiger partial charge in [-0.1, -0.05) is 0 Å². The summed E-state index contributed by atoms with van der Waals surface area (Å²) in [5, 5.41) is 4.48. The third-order valence-electron chi connectivity index (χ3n) is 3.72. The number of carbonyl (C=O) groups excluding carboxylic acids is 1. The molecule has 0 aromatic carbocycles. The van der Waals surface area contributed by atoms with E-state index in [1.807, 2.05) is 22.7 Å². The van der Waals surface area contributed by atoms with Gasteiger partial charge in [-0.2, -0.15) is 5.10 Å². The van der Waals surface area contributed by atoms with Gasteiger partial charge >= 0.3 is 0 Å². The molecule has 106 valence electrons. The van der Waals surface area contributed by atoms with E-state index in [-0.39, 0.29) is 5.91 Å². The third kappa shape index (κ3) is 2.12. The summed E-state index contributed by atoms with van der Waals surface area (Å²) in [4.78, 5) is 17.2. The summed E-state index contributed by atoms with van der Waals surface area (Å²) in [6.45, 7) is 1.80. The van der Waals surface area contributed by atoms with Gasteiger partial charge in [-0.05, 0) is 12.1 Å². The number of nitrogens with one attached hydrogen (secondary N) is 1. The minimum Gasteiger partial charge on any atom is -0.378 e. The van der Waals surface area contributed by atoms with E-state index >= 15 is 0 Å². The zero-order chi connectivity index (χ0) is 14.1. The molecule has 0 saturated carbocycles. The number of fused-ring (bicyclic) bond motifs is 1. The van der Waals surface area contributed by atoms with Crippen LogP contribution in [0.3, 0.4) is 0 Å². The molecule has 0 unspecified atom stereocenters. The SMILES string of the molecule is COCc1nn(C)c2c1CN(C(=O)c1ccc[nH]1)CC2. The Kier molecular flexibility index (Phi) is 3.31. The van der Waals surface area contributed by atoms with Gasteiger partial charge in [0.25, 0.3) is 5.91 Å². The third-order valence-corrected chi connectivity index (χ3v) is 3.72. The monoisotopic (exact) mass is 274 g/mol. The Balaban J connectivity index is 1.86. The van der Waals surface area contributed by atoms with Gasteiger partial charge in [0.15, 0.2) is 0 Å². The predicted octanol–water partition coefficient (Wildman–Crippen LogP) is 1.09. The molecule has 6 nitrogen and oxygen atoms in total. The zero-order valence-electron chi connectivity index (χ0n) is 11.7. The molecule has 0 atom stereocenters. The second-order valence-corrected chi connectivity index (χ2v) is 4.99. The van der Waals surface area contributed by atoms with E-state index in [4.69, 9.17) is 4.74 Å². The summed E-state index contributed by atoms with van der Waals surface area (Å²) < 4.78 is 7.09. The number of methoxy groups -OCH3 is 1. The molecule has 0 radical (unpaired) electrons. The quantitative estimate of drug-likeness (QED) is 0.911. The lowest BCUT2D eigenvalue weighted by Crippen LogP contribution is -2.36. The maximum absolute atomic E-state index is 12.4. The summed E-state index contributed by atoms with van der Waals surface area (Å²) >= 11 is 0. The van der Waals surface area contributed by atoms with Crippen molar-refractivity contribution in [2.24, 2.45) is 7.05 Å². The summed E-state index contributed by atoms with van der Waals surface area (Å²) in [5.41, 5.74) is 3.88. The van der Waals surface area contributed by atoms with Crippen LogP contribution in [0.5, 0.6) is 0 Å². The van der Waals surface area contributed by atoms with Crippen molar-refractivity contribution in [1.82, 2.24) is 19.7 Å². The fraction of sp³-hybridized carbons (Fsp3) is 0.429. The Morgan fingerprint density at radius 1 is 1.55 bits per heavy atom. The van der Waals surface area contributed by atoms with Gasteiger partial charge in [-0.25, -0.2) is 0 Å². The van der Waals surface area contributed by atoms with Crippen molar-refractivity contribution in [2.75, 3.05) is 13.7 Å². The number of H-pyrrole nitrogens is 1. The second-order valence-electron chi connectivity index (χ2n) is 4.99. The molecule has 1 aliphatic heterocycles. The Bertz CT molecular complexity index is 615. The lowest BCUT2D eigenvalue weighted by molar-refractivity contribution is 0.0726. The van der Waals surface area contributed by atoms with Crippen molar-refractivity contribution in [3.63, 3.8) is 0 Å². The van der Waals surface area contributed by atoms with Crippen molar-refractivity contribution in [3.05, 3.63) is 41.0 Å². The zero-order valence-corrected chi connectivity index (χ0v) is 11.7. The fourth-order valence-corrected chi connectivity index (χ4v) is 2.73. The average molecular weight is 274 g/mol. The molecule has 0 aliphatic carbocycles. The second kappa shape index (κ2) is 5.13. The number of aryl methyl sites for hydroxylation is 1. The molecule has 0 spiro atoms. The first kappa shape index (κ1) is 12.9. The first-order valence-electron chi connectivity index (χ1n) is 6.66. The summed E-state index contributed by atoms with van der Waals surface area (Å²) in [6.07, 6.45) is 2.60. The number of rotatable bonds is 3. The van der Waals surface area contributed by atoms with Gasteiger partial charge in [0.2, 0.25) is 0 Å². The molecule has 0 saturated heterocycles. The predicted molar refractivity (Wildman–Crippen MR) is 73.2 cm³/mol. The average Bonchev–Trinajstić information content (AvgIpc) is 3.08. The highest BCUT2D eigenvalue weighted by Crippen LogP contribution is 2.23. The van der Waals surface area contributed by atoms with Crippen molar-refractivity contribution in [3.8, 4) is 0 Å². The van der Waals surface area contributed by atoms with Crippen molar-refractivity contribution >= 4 is 5.91 Å². The summed E-state index contributed by atoms with van der Waals surface area (Å²) in [5.74, 6) is 0.0351. The lowest BCUT2D eigenvalue weighted by atomic mass is 10.0. The van der Waals surface area contributed by atoms with Gasteiger partial charge < -0.3 is 14.6 Å². The van der Waals surface area contributed by atoms with Crippen LogP contribution in [0, 0.1) is 0 Å². The standard InChI is InChI=1S/C14H18N4O2/c1-17-13-5-7-18(14(19)11-4-3-6-15-11)8-10(13)12(16-17)9-20-2/h3-4,6,15H,5,7-9H2,1-2H3. The van der Waals surface area contributed by atoms with E-state index in [0.717, 1.165) is 24.2 Å². The van der Waals surface area contributed by atoms with Crippen LogP contribution >= 0.6 is 0 Å². The van der Waals surface area contributed by atoms with Crippen LogP contribution in [0.15, 0.2) is 18.3 Å². The first-order chi connectivity index (χ1) is 9.70.